The molecule has 30 heavy (non-hydrogen) atoms. The Morgan fingerprint density at radius 1 is 1.00 bits per heavy atom. The second-order valence-corrected chi connectivity index (χ2v) is 8.59. The molecule has 0 radical (unpaired) electrons. The van der Waals surface area contributed by atoms with Crippen LogP contribution in [0.5, 0.6) is 0 Å². The molecule has 3 aromatic heterocycles. The largest absolute Gasteiger partial charge is 0.389 e. The van der Waals surface area contributed by atoms with Crippen LogP contribution in [0.25, 0.3) is 16.6 Å². The molecule has 0 aliphatic carbocycles. The van der Waals surface area contributed by atoms with Crippen molar-refractivity contribution in [1.82, 2.24) is 19.4 Å². The highest BCUT2D eigenvalue weighted by Gasteiger charge is 2.17. The summed E-state index contributed by atoms with van der Waals surface area (Å²) in [5.41, 5.74) is 2.60. The van der Waals surface area contributed by atoms with Crippen LogP contribution in [0.15, 0.2) is 64.9 Å². The van der Waals surface area contributed by atoms with Crippen LogP contribution < -0.4 is 0 Å². The molecule has 0 aliphatic rings. The van der Waals surface area contributed by atoms with Crippen molar-refractivity contribution >= 4 is 17.3 Å². The lowest BCUT2D eigenvalue weighted by molar-refractivity contribution is 0.0577. The van der Waals surface area contributed by atoms with E-state index in [9.17, 15) is 15.6 Å². The molecule has 1 aromatic carbocycles. The van der Waals surface area contributed by atoms with Crippen LogP contribution in [0.2, 0.25) is 0 Å². The van der Waals surface area contributed by atoms with Crippen LogP contribution in [-0.4, -0.2) is 30.1 Å². The van der Waals surface area contributed by atoms with Gasteiger partial charge in [0.2, 0.25) is 0 Å². The Morgan fingerprint density at radius 3 is 2.50 bits per heavy atom. The Kier molecular flexibility index (Phi) is 5.04. The van der Waals surface area contributed by atoms with Gasteiger partial charge in [0.15, 0.2) is 0 Å². The number of aromatic nitrogens is 4. The van der Waals surface area contributed by atoms with Crippen LogP contribution in [0.1, 0.15) is 25.0 Å². The highest BCUT2D eigenvalue weighted by molar-refractivity contribution is 7.99. The highest BCUT2D eigenvalue weighted by Crippen LogP contribution is 2.37. The molecule has 0 unspecified atom stereocenters. The molecule has 4 rings (SSSR count). The molecule has 0 atom stereocenters. The topological polar surface area (TPSA) is 103 Å². The van der Waals surface area contributed by atoms with Gasteiger partial charge in [-0.05, 0) is 32.0 Å². The van der Waals surface area contributed by atoms with E-state index in [1.54, 1.807) is 35.3 Å². The number of nitrogens with zero attached hydrogens (tertiary/aromatic N) is 6. The summed E-state index contributed by atoms with van der Waals surface area (Å²) in [5.74, 6) is 0. The molecule has 148 valence electrons. The lowest BCUT2D eigenvalue weighted by Crippen LogP contribution is -2.26. The average Bonchev–Trinajstić information content (AvgIpc) is 3.33. The number of fused-ring (bicyclic) bond motifs is 1. The summed E-state index contributed by atoms with van der Waals surface area (Å²) in [6, 6.07) is 13.7. The minimum Gasteiger partial charge on any atom is -0.389 e. The minimum atomic E-state index is -0.876. The van der Waals surface area contributed by atoms with Gasteiger partial charge in [0, 0.05) is 33.3 Å². The van der Waals surface area contributed by atoms with Gasteiger partial charge in [-0.2, -0.15) is 20.7 Å². The van der Waals surface area contributed by atoms with Gasteiger partial charge < -0.3 is 5.11 Å². The Labute approximate surface area is 177 Å². The van der Waals surface area contributed by atoms with E-state index in [2.05, 4.69) is 22.3 Å². The molecular formula is C22H18N6OS. The standard InChI is InChI=1S/C22H18N6OS/c1-22(2,29)14-27-12-18(11-25-27)16-7-20(21-17(9-24)10-26-28(21)13-16)30-19-6-4-3-5-15(19)8-23/h3-7,10-13,29H,14H2,1-2H3. The summed E-state index contributed by atoms with van der Waals surface area (Å²) < 4.78 is 3.37. The zero-order valence-electron chi connectivity index (χ0n) is 16.4. The molecule has 4 aromatic rings. The fourth-order valence-corrected chi connectivity index (χ4v) is 4.26. The van der Waals surface area contributed by atoms with Crippen molar-refractivity contribution in [2.45, 2.75) is 35.8 Å². The zero-order valence-corrected chi connectivity index (χ0v) is 17.3. The number of hydrogen-bond donors (Lipinski definition) is 1. The van der Waals surface area contributed by atoms with E-state index in [1.807, 2.05) is 36.7 Å². The number of rotatable bonds is 5. The first kappa shape index (κ1) is 19.7. The molecule has 0 fully saturated rings. The lowest BCUT2D eigenvalue weighted by atomic mass is 10.1. The fourth-order valence-electron chi connectivity index (χ4n) is 3.16. The molecule has 0 saturated carbocycles. The number of pyridine rings is 1. The Balaban J connectivity index is 1.82. The summed E-state index contributed by atoms with van der Waals surface area (Å²) >= 11 is 1.43. The van der Waals surface area contributed by atoms with Gasteiger partial charge in [-0.1, -0.05) is 23.9 Å². The monoisotopic (exact) mass is 414 g/mol. The molecule has 0 spiro atoms. The third kappa shape index (κ3) is 3.92. The maximum absolute atomic E-state index is 10.0. The normalized spacial score (nSPS) is 11.4. The van der Waals surface area contributed by atoms with Gasteiger partial charge in [-0.25, -0.2) is 4.52 Å². The quantitative estimate of drug-likeness (QED) is 0.532. The lowest BCUT2D eigenvalue weighted by Gasteiger charge is -2.16. The number of aliphatic hydroxyl groups is 1. The maximum atomic E-state index is 10.0. The van der Waals surface area contributed by atoms with Crippen molar-refractivity contribution in [1.29, 1.82) is 10.5 Å². The van der Waals surface area contributed by atoms with Gasteiger partial charge in [0.1, 0.15) is 12.1 Å². The number of nitriles is 2. The molecule has 8 heteroatoms. The highest BCUT2D eigenvalue weighted by atomic mass is 32.2. The first-order valence-corrected chi connectivity index (χ1v) is 10.0. The van der Waals surface area contributed by atoms with Crippen LogP contribution in [0, 0.1) is 22.7 Å². The van der Waals surface area contributed by atoms with E-state index < -0.39 is 5.60 Å². The van der Waals surface area contributed by atoms with Crippen molar-refractivity contribution in [3.8, 4) is 23.3 Å². The first-order chi connectivity index (χ1) is 14.4. The summed E-state index contributed by atoms with van der Waals surface area (Å²) in [5, 5.41) is 37.7. The molecular weight excluding hydrogens is 396 g/mol. The molecule has 7 nitrogen and oxygen atoms in total. The summed E-state index contributed by atoms with van der Waals surface area (Å²) in [6.07, 6.45) is 6.99. The van der Waals surface area contributed by atoms with Crippen molar-refractivity contribution in [3.05, 3.63) is 66.2 Å². The molecule has 1 N–H and O–H groups in total. The fraction of sp³-hybridized carbons (Fsp3) is 0.182. The molecule has 3 heterocycles. The van der Waals surface area contributed by atoms with Crippen LogP contribution in [-0.2, 0) is 6.54 Å². The number of hydrogen-bond acceptors (Lipinski definition) is 6. The van der Waals surface area contributed by atoms with Crippen LogP contribution >= 0.6 is 11.8 Å². The predicted octanol–water partition coefficient (Wildman–Crippen LogP) is 3.86. The second-order valence-electron chi connectivity index (χ2n) is 7.51. The average molecular weight is 414 g/mol. The van der Waals surface area contributed by atoms with Crippen molar-refractivity contribution in [2.24, 2.45) is 0 Å². The van der Waals surface area contributed by atoms with Gasteiger partial charge in [0.05, 0.1) is 41.2 Å². The Hall–Kier alpha value is -3.59. The van der Waals surface area contributed by atoms with E-state index in [0.717, 1.165) is 20.9 Å². The van der Waals surface area contributed by atoms with Gasteiger partial charge in [0.25, 0.3) is 0 Å². The van der Waals surface area contributed by atoms with E-state index in [0.29, 0.717) is 23.2 Å². The second kappa shape index (κ2) is 7.68. The van der Waals surface area contributed by atoms with E-state index in [4.69, 9.17) is 0 Å². The molecule has 0 aliphatic heterocycles. The van der Waals surface area contributed by atoms with Crippen LogP contribution in [0.3, 0.4) is 0 Å². The SMILES string of the molecule is CC(C)(O)Cn1cc(-c2cc(Sc3ccccc3C#N)c3c(C#N)cnn3c2)cn1. The minimum absolute atomic E-state index is 0.368. The van der Waals surface area contributed by atoms with Crippen molar-refractivity contribution < 1.29 is 5.11 Å². The van der Waals surface area contributed by atoms with Gasteiger partial charge in [-0.15, -0.1) is 0 Å². The Bertz CT molecular complexity index is 1320. The molecule has 0 bridgehead atoms. The third-order valence-corrected chi connectivity index (χ3v) is 5.55. The van der Waals surface area contributed by atoms with Gasteiger partial charge in [-0.3, -0.25) is 4.68 Å². The molecule has 0 amide bonds. The third-order valence-electron chi connectivity index (χ3n) is 4.44. The maximum Gasteiger partial charge on any atom is 0.103 e. The number of benzene rings is 1. The first-order valence-electron chi connectivity index (χ1n) is 9.21. The Morgan fingerprint density at radius 2 is 1.77 bits per heavy atom. The van der Waals surface area contributed by atoms with E-state index in [-0.39, 0.29) is 0 Å². The van der Waals surface area contributed by atoms with Gasteiger partial charge >= 0.3 is 0 Å². The predicted molar refractivity (Wildman–Crippen MR) is 113 cm³/mol. The summed E-state index contributed by atoms with van der Waals surface area (Å²) in [7, 11) is 0. The smallest absolute Gasteiger partial charge is 0.103 e. The summed E-state index contributed by atoms with van der Waals surface area (Å²) in [4.78, 5) is 1.63. The van der Waals surface area contributed by atoms with Crippen molar-refractivity contribution in [3.63, 3.8) is 0 Å². The summed E-state index contributed by atoms with van der Waals surface area (Å²) in [6.45, 7) is 3.83. The van der Waals surface area contributed by atoms with E-state index >= 15 is 0 Å². The van der Waals surface area contributed by atoms with Crippen LogP contribution in [0.4, 0.5) is 0 Å². The zero-order chi connectivity index (χ0) is 21.3. The van der Waals surface area contributed by atoms with E-state index in [1.165, 1.54) is 18.0 Å². The molecule has 0 saturated heterocycles. The van der Waals surface area contributed by atoms with Crippen molar-refractivity contribution in [2.75, 3.05) is 0 Å².